The van der Waals surface area contributed by atoms with Gasteiger partial charge in [-0.3, -0.25) is 23.7 Å². The highest BCUT2D eigenvalue weighted by molar-refractivity contribution is 6.30. The van der Waals surface area contributed by atoms with Crippen LogP contribution in [0.15, 0.2) is 41.3 Å². The van der Waals surface area contributed by atoms with Crippen LogP contribution in [0.25, 0.3) is 0 Å². The van der Waals surface area contributed by atoms with Gasteiger partial charge in [-0.15, -0.1) is 0 Å². The zero-order chi connectivity index (χ0) is 24.1. The van der Waals surface area contributed by atoms with Gasteiger partial charge in [-0.1, -0.05) is 11.6 Å². The Balaban J connectivity index is 2.01. The summed E-state index contributed by atoms with van der Waals surface area (Å²) in [7, 11) is 0. The molecule has 0 radical (unpaired) electrons. The molecule has 1 fully saturated rings. The molecule has 1 N–H and O–H groups in total. The van der Waals surface area contributed by atoms with Crippen LogP contribution >= 0.6 is 11.6 Å². The molecule has 1 saturated heterocycles. The van der Waals surface area contributed by atoms with E-state index in [0.717, 1.165) is 0 Å². The summed E-state index contributed by atoms with van der Waals surface area (Å²) >= 11 is 5.92. The van der Waals surface area contributed by atoms with E-state index >= 15 is 0 Å². The van der Waals surface area contributed by atoms with Gasteiger partial charge in [0.05, 0.1) is 0 Å². The van der Waals surface area contributed by atoms with Crippen molar-refractivity contribution in [1.82, 2.24) is 9.55 Å². The van der Waals surface area contributed by atoms with Crippen molar-refractivity contribution in [2.24, 2.45) is 0 Å². The van der Waals surface area contributed by atoms with Crippen LogP contribution in [-0.4, -0.2) is 52.4 Å². The van der Waals surface area contributed by atoms with Gasteiger partial charge in [-0.05, 0) is 24.3 Å². The van der Waals surface area contributed by atoms with Crippen molar-refractivity contribution in [3.63, 3.8) is 0 Å². The number of benzene rings is 1. The van der Waals surface area contributed by atoms with E-state index in [2.05, 4.69) is 10.3 Å². The van der Waals surface area contributed by atoms with Gasteiger partial charge >= 0.3 is 17.9 Å². The third kappa shape index (κ3) is 6.30. The first-order chi connectivity index (χ1) is 15.6. The number of carbonyl (C=O) groups is 3. The number of hydrogen-bond donors (Lipinski definition) is 1. The second kappa shape index (κ2) is 10.5. The van der Waals surface area contributed by atoms with E-state index in [1.807, 2.05) is 0 Å². The van der Waals surface area contributed by atoms with Crippen molar-refractivity contribution in [2.45, 2.75) is 45.3 Å². The average Bonchev–Trinajstić information content (AvgIpc) is 3.04. The van der Waals surface area contributed by atoms with Gasteiger partial charge in [0.2, 0.25) is 5.95 Å². The Morgan fingerprint density at radius 3 is 2.27 bits per heavy atom. The predicted octanol–water partition coefficient (Wildman–Crippen LogP) is 1.96. The molecule has 3 rings (SSSR count). The quantitative estimate of drug-likeness (QED) is 0.463. The fourth-order valence-corrected chi connectivity index (χ4v) is 3.42. The minimum absolute atomic E-state index is 0.0710. The van der Waals surface area contributed by atoms with Gasteiger partial charge in [0.15, 0.2) is 18.4 Å². The van der Waals surface area contributed by atoms with Crippen LogP contribution in [0.2, 0.25) is 5.02 Å². The molecule has 11 nitrogen and oxygen atoms in total. The number of rotatable bonds is 7. The molecule has 2 aromatic rings. The van der Waals surface area contributed by atoms with Crippen LogP contribution in [0.3, 0.4) is 0 Å². The summed E-state index contributed by atoms with van der Waals surface area (Å²) in [6.07, 6.45) is -2.83. The van der Waals surface area contributed by atoms with Crippen LogP contribution in [-0.2, 0) is 33.3 Å². The molecule has 1 aliphatic heterocycles. The first-order valence-corrected chi connectivity index (χ1v) is 10.3. The van der Waals surface area contributed by atoms with E-state index in [0.29, 0.717) is 10.7 Å². The van der Waals surface area contributed by atoms with Crippen molar-refractivity contribution in [3.8, 4) is 0 Å². The molecule has 12 heteroatoms. The normalized spacial score (nSPS) is 21.8. The maximum Gasteiger partial charge on any atom is 0.303 e. The fourth-order valence-electron chi connectivity index (χ4n) is 3.29. The summed E-state index contributed by atoms with van der Waals surface area (Å²) in [5.74, 6) is -1.80. The standard InChI is InChI=1S/C21H22ClN3O8/c1-11(26)30-10-16-18(31-12(2)27)19(32-13(3)28)20(33-16)25-9-8-17(29)24-21(25)23-15-6-4-14(22)5-7-15/h4-9,16,18-20H,10H2,1-3H3,(H,23,24,29)/t16-,18-,19-,20?/m1/s1. The molecule has 1 aromatic heterocycles. The second-order valence-electron chi connectivity index (χ2n) is 7.14. The van der Waals surface area contributed by atoms with Gasteiger partial charge in [0.1, 0.15) is 12.7 Å². The smallest absolute Gasteiger partial charge is 0.303 e. The number of aromatic nitrogens is 2. The number of esters is 3. The number of nitrogens with one attached hydrogen (secondary N) is 1. The molecule has 0 spiro atoms. The van der Waals surface area contributed by atoms with Crippen LogP contribution in [0.4, 0.5) is 11.6 Å². The lowest BCUT2D eigenvalue weighted by molar-refractivity contribution is -0.166. The van der Waals surface area contributed by atoms with E-state index in [1.165, 1.54) is 37.6 Å². The molecular formula is C21H22ClN3O8. The minimum Gasteiger partial charge on any atom is -0.463 e. The largest absolute Gasteiger partial charge is 0.463 e. The number of carbonyl (C=O) groups excluding carboxylic acids is 3. The number of halogens is 1. The van der Waals surface area contributed by atoms with Gasteiger partial charge in [-0.2, -0.15) is 4.98 Å². The van der Waals surface area contributed by atoms with Crippen molar-refractivity contribution < 1.29 is 33.3 Å². The Morgan fingerprint density at radius 1 is 1.03 bits per heavy atom. The van der Waals surface area contributed by atoms with Gasteiger partial charge in [0.25, 0.3) is 5.56 Å². The molecule has 2 heterocycles. The van der Waals surface area contributed by atoms with Crippen LogP contribution < -0.4 is 10.9 Å². The molecule has 176 valence electrons. The van der Waals surface area contributed by atoms with E-state index in [9.17, 15) is 19.2 Å². The zero-order valence-corrected chi connectivity index (χ0v) is 18.8. The molecule has 0 bridgehead atoms. The molecule has 0 saturated carbocycles. The van der Waals surface area contributed by atoms with Crippen molar-refractivity contribution in [3.05, 3.63) is 51.9 Å². The van der Waals surface area contributed by atoms with Gasteiger partial charge < -0.3 is 24.3 Å². The first kappa shape index (κ1) is 24.2. The lowest BCUT2D eigenvalue weighted by atomic mass is 10.1. The molecule has 33 heavy (non-hydrogen) atoms. The molecule has 0 amide bonds. The lowest BCUT2D eigenvalue weighted by Gasteiger charge is -2.25. The number of ether oxygens (including phenoxy) is 4. The number of hydrogen-bond acceptors (Lipinski definition) is 10. The van der Waals surface area contributed by atoms with Crippen molar-refractivity contribution in [2.75, 3.05) is 11.9 Å². The molecule has 1 unspecified atom stereocenters. The highest BCUT2D eigenvalue weighted by Gasteiger charge is 2.51. The highest BCUT2D eigenvalue weighted by Crippen LogP contribution is 2.36. The van der Waals surface area contributed by atoms with Crippen LogP contribution in [0.1, 0.15) is 27.0 Å². The second-order valence-corrected chi connectivity index (χ2v) is 7.58. The third-order valence-electron chi connectivity index (χ3n) is 4.55. The third-order valence-corrected chi connectivity index (χ3v) is 4.81. The summed E-state index contributed by atoms with van der Waals surface area (Å²) in [6, 6.07) is 7.84. The Bertz CT molecular complexity index is 1090. The fraction of sp³-hybridized carbons (Fsp3) is 0.381. The van der Waals surface area contributed by atoms with E-state index in [4.69, 9.17) is 30.5 Å². The van der Waals surface area contributed by atoms with Crippen molar-refractivity contribution >= 4 is 41.1 Å². The topological polar surface area (TPSA) is 135 Å². The zero-order valence-electron chi connectivity index (χ0n) is 18.0. The Kier molecular flexibility index (Phi) is 7.67. The molecular weight excluding hydrogens is 458 g/mol. The first-order valence-electron chi connectivity index (χ1n) is 9.89. The monoisotopic (exact) mass is 479 g/mol. The summed E-state index contributed by atoms with van der Waals surface area (Å²) in [4.78, 5) is 50.8. The van der Waals surface area contributed by atoms with Crippen molar-refractivity contribution in [1.29, 1.82) is 0 Å². The maximum absolute atomic E-state index is 12.0. The minimum atomic E-state index is -1.12. The molecule has 1 aliphatic rings. The lowest BCUT2D eigenvalue weighted by Crippen LogP contribution is -2.40. The molecule has 1 aromatic carbocycles. The number of nitrogens with zero attached hydrogens (tertiary/aromatic N) is 2. The Labute approximate surface area is 193 Å². The van der Waals surface area contributed by atoms with E-state index in [1.54, 1.807) is 24.3 Å². The van der Waals surface area contributed by atoms with E-state index in [-0.39, 0.29) is 12.6 Å². The Hall–Kier alpha value is -3.44. The summed E-state index contributed by atoms with van der Waals surface area (Å²) in [5, 5.41) is 3.51. The van der Waals surface area contributed by atoms with Gasteiger partial charge in [-0.25, -0.2) is 0 Å². The SMILES string of the molecule is CC(=O)OC[C@H]1OC(n2ccc(=O)nc2Nc2ccc(Cl)cc2)[C@H](OC(C)=O)[C@@H]1OC(C)=O. The Morgan fingerprint density at radius 2 is 1.67 bits per heavy atom. The van der Waals surface area contributed by atoms with Gasteiger partial charge in [0, 0.05) is 43.7 Å². The molecule has 4 atom stereocenters. The van der Waals surface area contributed by atoms with E-state index < -0.39 is 48.0 Å². The predicted molar refractivity (Wildman–Crippen MR) is 115 cm³/mol. The average molecular weight is 480 g/mol. The molecule has 0 aliphatic carbocycles. The summed E-state index contributed by atoms with van der Waals surface area (Å²) in [6.45, 7) is 3.35. The summed E-state index contributed by atoms with van der Waals surface area (Å²) in [5.41, 5.74) is 0.0408. The highest BCUT2D eigenvalue weighted by atomic mass is 35.5. The number of anilines is 2. The van der Waals surface area contributed by atoms with Crippen LogP contribution in [0, 0.1) is 0 Å². The summed E-state index contributed by atoms with van der Waals surface area (Å²) < 4.78 is 23.2. The van der Waals surface area contributed by atoms with Crippen LogP contribution in [0.5, 0.6) is 0 Å². The maximum atomic E-state index is 12.0.